The number of hydrogen-bond donors (Lipinski definition) is 1. The molecule has 1 fully saturated rings. The molecule has 0 unspecified atom stereocenters. The van der Waals surface area contributed by atoms with Gasteiger partial charge in [-0.3, -0.25) is 14.9 Å². The number of carboxylic acid groups (broad SMARTS) is 1. The zero-order chi connectivity index (χ0) is 12.6. The van der Waals surface area contributed by atoms with Crippen LogP contribution in [0.3, 0.4) is 0 Å². The Balaban J connectivity index is 2.32. The molecule has 0 spiro atoms. The summed E-state index contributed by atoms with van der Waals surface area (Å²) in [6, 6.07) is 4.89. The lowest BCUT2D eigenvalue weighted by Crippen LogP contribution is -2.13. The lowest BCUT2D eigenvalue weighted by molar-refractivity contribution is -0.385. The molecular formula is C12H13NO4. The Morgan fingerprint density at radius 2 is 2.18 bits per heavy atom. The number of hydrogen-bond acceptors (Lipinski definition) is 3. The van der Waals surface area contributed by atoms with Crippen LogP contribution < -0.4 is 0 Å². The molecule has 5 heteroatoms. The van der Waals surface area contributed by atoms with Crippen LogP contribution in [0.25, 0.3) is 0 Å². The van der Waals surface area contributed by atoms with Gasteiger partial charge in [0.1, 0.15) is 0 Å². The summed E-state index contributed by atoms with van der Waals surface area (Å²) in [5.41, 5.74) is 1.29. The predicted octanol–water partition coefficient (Wildman–Crippen LogP) is 2.41. The van der Waals surface area contributed by atoms with Gasteiger partial charge in [-0.1, -0.05) is 6.07 Å². The van der Waals surface area contributed by atoms with Crippen LogP contribution in [0.2, 0.25) is 0 Å². The molecule has 0 bridgehead atoms. The highest BCUT2D eigenvalue weighted by molar-refractivity contribution is 5.70. The SMILES string of the molecule is Cc1cc(C2(CC(=O)O)CC2)ccc1[N+](=O)[O-]. The lowest BCUT2D eigenvalue weighted by Gasteiger charge is -2.13. The molecule has 1 aliphatic rings. The van der Waals surface area contributed by atoms with Crippen molar-refractivity contribution in [1.29, 1.82) is 0 Å². The summed E-state index contributed by atoms with van der Waals surface area (Å²) in [5, 5.41) is 19.5. The minimum atomic E-state index is -0.821. The number of carboxylic acids is 1. The molecule has 90 valence electrons. The van der Waals surface area contributed by atoms with E-state index in [-0.39, 0.29) is 17.5 Å². The largest absolute Gasteiger partial charge is 0.481 e. The van der Waals surface area contributed by atoms with Crippen LogP contribution in [-0.2, 0) is 10.2 Å². The van der Waals surface area contributed by atoms with Crippen molar-refractivity contribution in [1.82, 2.24) is 0 Å². The average Bonchev–Trinajstić information content (AvgIpc) is 2.97. The van der Waals surface area contributed by atoms with Crippen molar-refractivity contribution in [3.8, 4) is 0 Å². The Bertz CT molecular complexity index is 491. The van der Waals surface area contributed by atoms with Gasteiger partial charge in [0.05, 0.1) is 11.3 Å². The van der Waals surface area contributed by atoms with Crippen molar-refractivity contribution >= 4 is 11.7 Å². The molecule has 0 radical (unpaired) electrons. The second-order valence-electron chi connectivity index (χ2n) is 4.61. The Kier molecular flexibility index (Phi) is 2.61. The van der Waals surface area contributed by atoms with Gasteiger partial charge < -0.3 is 5.11 Å². The van der Waals surface area contributed by atoms with E-state index in [9.17, 15) is 14.9 Å². The van der Waals surface area contributed by atoms with Crippen LogP contribution in [0, 0.1) is 17.0 Å². The minimum Gasteiger partial charge on any atom is -0.481 e. The Hall–Kier alpha value is -1.91. The monoisotopic (exact) mass is 235 g/mol. The van der Waals surface area contributed by atoms with Gasteiger partial charge in [0, 0.05) is 17.0 Å². The molecule has 5 nitrogen and oxygen atoms in total. The standard InChI is InChI=1S/C12H13NO4/c1-8-6-9(2-3-10(8)13(16)17)12(4-5-12)7-11(14)15/h2-3,6H,4-5,7H2,1H3,(H,14,15). The van der Waals surface area contributed by atoms with Crippen LogP contribution >= 0.6 is 0 Å². The second-order valence-corrected chi connectivity index (χ2v) is 4.61. The molecule has 1 aliphatic carbocycles. The van der Waals surface area contributed by atoms with Gasteiger partial charge in [-0.25, -0.2) is 0 Å². The Labute approximate surface area is 98.2 Å². The van der Waals surface area contributed by atoms with Crippen molar-refractivity contribution in [3.63, 3.8) is 0 Å². The average molecular weight is 235 g/mol. The molecule has 0 atom stereocenters. The molecule has 0 amide bonds. The summed E-state index contributed by atoms with van der Waals surface area (Å²) in [4.78, 5) is 21.0. The third-order valence-corrected chi connectivity index (χ3v) is 3.35. The first-order chi connectivity index (χ1) is 7.94. The van der Waals surface area contributed by atoms with Crippen molar-refractivity contribution in [3.05, 3.63) is 39.4 Å². The van der Waals surface area contributed by atoms with Crippen molar-refractivity contribution < 1.29 is 14.8 Å². The quantitative estimate of drug-likeness (QED) is 0.641. The molecule has 1 aromatic carbocycles. The normalized spacial score (nSPS) is 16.5. The first kappa shape index (κ1) is 11.6. The van der Waals surface area contributed by atoms with E-state index in [2.05, 4.69) is 0 Å². The number of nitro benzene ring substituents is 1. The summed E-state index contributed by atoms with van der Waals surface area (Å²) >= 11 is 0. The fraction of sp³-hybridized carbons (Fsp3) is 0.417. The van der Waals surface area contributed by atoms with E-state index in [0.29, 0.717) is 5.56 Å². The van der Waals surface area contributed by atoms with E-state index in [1.54, 1.807) is 19.1 Å². The van der Waals surface area contributed by atoms with E-state index in [0.717, 1.165) is 18.4 Å². The van der Waals surface area contributed by atoms with Crippen LogP contribution in [0.5, 0.6) is 0 Å². The summed E-state index contributed by atoms with van der Waals surface area (Å²) in [7, 11) is 0. The third-order valence-electron chi connectivity index (χ3n) is 3.35. The summed E-state index contributed by atoms with van der Waals surface area (Å²) in [6.07, 6.45) is 1.79. The number of aliphatic carboxylic acids is 1. The van der Waals surface area contributed by atoms with Gasteiger partial charge in [0.15, 0.2) is 0 Å². The fourth-order valence-electron chi connectivity index (χ4n) is 2.20. The number of nitro groups is 1. The maximum Gasteiger partial charge on any atom is 0.304 e. The maximum absolute atomic E-state index is 10.8. The smallest absolute Gasteiger partial charge is 0.304 e. The van der Waals surface area contributed by atoms with Gasteiger partial charge in [0.25, 0.3) is 5.69 Å². The number of benzene rings is 1. The molecule has 0 aliphatic heterocycles. The fourth-order valence-corrected chi connectivity index (χ4v) is 2.20. The first-order valence-electron chi connectivity index (χ1n) is 5.42. The van der Waals surface area contributed by atoms with Crippen LogP contribution in [0.4, 0.5) is 5.69 Å². The molecule has 0 aromatic heterocycles. The molecular weight excluding hydrogens is 222 g/mol. The third kappa shape index (κ3) is 2.13. The molecule has 17 heavy (non-hydrogen) atoms. The second kappa shape index (κ2) is 3.84. The van der Waals surface area contributed by atoms with E-state index in [4.69, 9.17) is 5.11 Å². The van der Waals surface area contributed by atoms with Gasteiger partial charge in [-0.2, -0.15) is 0 Å². The van der Waals surface area contributed by atoms with Crippen LogP contribution in [-0.4, -0.2) is 16.0 Å². The first-order valence-corrected chi connectivity index (χ1v) is 5.42. The topological polar surface area (TPSA) is 80.4 Å². The highest BCUT2D eigenvalue weighted by Crippen LogP contribution is 2.51. The Morgan fingerprint density at radius 1 is 1.53 bits per heavy atom. The predicted molar refractivity (Wildman–Crippen MR) is 61.0 cm³/mol. The minimum absolute atomic E-state index is 0.0832. The maximum atomic E-state index is 10.8. The summed E-state index contributed by atoms with van der Waals surface area (Å²) in [6.45, 7) is 1.68. The number of nitrogens with zero attached hydrogens (tertiary/aromatic N) is 1. The van der Waals surface area contributed by atoms with Crippen molar-refractivity contribution in [2.75, 3.05) is 0 Å². The van der Waals surface area contributed by atoms with Crippen molar-refractivity contribution in [2.45, 2.75) is 31.6 Å². The summed E-state index contributed by atoms with van der Waals surface area (Å²) in [5.74, 6) is -0.821. The molecule has 1 saturated carbocycles. The van der Waals surface area contributed by atoms with Gasteiger partial charge >= 0.3 is 5.97 Å². The van der Waals surface area contributed by atoms with Gasteiger partial charge in [-0.15, -0.1) is 0 Å². The van der Waals surface area contributed by atoms with E-state index in [1.807, 2.05) is 0 Å². The molecule has 0 saturated heterocycles. The zero-order valence-corrected chi connectivity index (χ0v) is 9.47. The van der Waals surface area contributed by atoms with E-state index < -0.39 is 10.9 Å². The lowest BCUT2D eigenvalue weighted by atomic mass is 9.91. The van der Waals surface area contributed by atoms with Crippen LogP contribution in [0.1, 0.15) is 30.4 Å². The Morgan fingerprint density at radius 3 is 2.59 bits per heavy atom. The molecule has 1 N–H and O–H groups in total. The zero-order valence-electron chi connectivity index (χ0n) is 9.47. The molecule has 1 aromatic rings. The number of aryl methyl sites for hydroxylation is 1. The molecule has 2 rings (SSSR count). The summed E-state index contributed by atoms with van der Waals surface area (Å²) < 4.78 is 0. The number of carbonyl (C=O) groups is 1. The highest BCUT2D eigenvalue weighted by Gasteiger charge is 2.46. The molecule has 0 heterocycles. The van der Waals surface area contributed by atoms with Gasteiger partial charge in [-0.05, 0) is 31.4 Å². The van der Waals surface area contributed by atoms with E-state index >= 15 is 0 Å². The van der Waals surface area contributed by atoms with Crippen LogP contribution in [0.15, 0.2) is 18.2 Å². The van der Waals surface area contributed by atoms with Crippen molar-refractivity contribution in [2.24, 2.45) is 0 Å². The number of rotatable bonds is 4. The van der Waals surface area contributed by atoms with Gasteiger partial charge in [0.2, 0.25) is 0 Å². The highest BCUT2D eigenvalue weighted by atomic mass is 16.6. The van der Waals surface area contributed by atoms with E-state index in [1.165, 1.54) is 6.07 Å².